The topological polar surface area (TPSA) is 96.4 Å². The Balaban J connectivity index is 2.28. The summed E-state index contributed by atoms with van der Waals surface area (Å²) in [6, 6.07) is 1.39. The molecule has 2 rings (SSSR count). The number of aromatic carboxylic acids is 1. The van der Waals surface area contributed by atoms with Gasteiger partial charge in [-0.05, 0) is 19.4 Å². The van der Waals surface area contributed by atoms with E-state index in [1.807, 2.05) is 0 Å². The van der Waals surface area contributed by atoms with Gasteiger partial charge >= 0.3 is 5.97 Å². The lowest BCUT2D eigenvalue weighted by molar-refractivity contribution is 0.0697. The first-order valence-corrected chi connectivity index (χ1v) is 7.29. The number of aromatic nitrogens is 1. The summed E-state index contributed by atoms with van der Waals surface area (Å²) in [7, 11) is -3.04. The maximum atomic E-state index is 11.5. The molecule has 18 heavy (non-hydrogen) atoms. The van der Waals surface area contributed by atoms with Gasteiger partial charge in [-0.25, -0.2) is 13.2 Å². The molecule has 6 nitrogen and oxygen atoms in total. The Morgan fingerprint density at radius 2 is 2.28 bits per heavy atom. The Bertz CT molecular complexity index is 584. The average molecular weight is 270 g/mol. The van der Waals surface area contributed by atoms with Crippen molar-refractivity contribution in [1.82, 2.24) is 4.98 Å². The summed E-state index contributed by atoms with van der Waals surface area (Å²) in [5.41, 5.74) is -0.188. The molecule has 2 heterocycles. The van der Waals surface area contributed by atoms with Crippen molar-refractivity contribution in [2.75, 3.05) is 16.8 Å². The van der Waals surface area contributed by atoms with Gasteiger partial charge in [0.05, 0.1) is 29.0 Å². The Labute approximate surface area is 105 Å². The maximum Gasteiger partial charge on any atom is 0.337 e. The fourth-order valence-electron chi connectivity index (χ4n) is 2.11. The molecule has 0 spiro atoms. The standard InChI is InChI=1S/C11H14N2O4S/c1-11(3-5-18(16,17)7-11)13-9-6-12-4-2-8(9)10(14)15/h2,4,6,13H,3,5,7H2,1H3,(H,14,15). The highest BCUT2D eigenvalue weighted by atomic mass is 32.2. The van der Waals surface area contributed by atoms with Gasteiger partial charge in [0.2, 0.25) is 0 Å². The minimum atomic E-state index is -3.04. The molecule has 1 fully saturated rings. The molecule has 0 saturated carbocycles. The second-order valence-corrected chi connectivity index (χ2v) is 6.94. The normalized spacial score (nSPS) is 25.8. The van der Waals surface area contributed by atoms with Gasteiger partial charge in [0.25, 0.3) is 0 Å². The Morgan fingerprint density at radius 3 is 2.83 bits per heavy atom. The first-order chi connectivity index (χ1) is 8.31. The fraction of sp³-hybridized carbons (Fsp3) is 0.455. The predicted molar refractivity (Wildman–Crippen MR) is 66.5 cm³/mol. The van der Waals surface area contributed by atoms with Crippen molar-refractivity contribution in [3.63, 3.8) is 0 Å². The van der Waals surface area contributed by atoms with Crippen LogP contribution in [0.1, 0.15) is 23.7 Å². The lowest BCUT2D eigenvalue weighted by Gasteiger charge is -2.25. The van der Waals surface area contributed by atoms with E-state index < -0.39 is 21.3 Å². The van der Waals surface area contributed by atoms with Crippen LogP contribution < -0.4 is 5.32 Å². The molecule has 0 bridgehead atoms. The third-order valence-electron chi connectivity index (χ3n) is 2.99. The highest BCUT2D eigenvalue weighted by Gasteiger charge is 2.38. The number of anilines is 1. The molecule has 1 aliphatic rings. The van der Waals surface area contributed by atoms with E-state index in [2.05, 4.69) is 10.3 Å². The van der Waals surface area contributed by atoms with Crippen LogP contribution >= 0.6 is 0 Å². The summed E-state index contributed by atoms with van der Waals surface area (Å²) in [6.45, 7) is 1.77. The van der Waals surface area contributed by atoms with E-state index in [-0.39, 0.29) is 17.1 Å². The highest BCUT2D eigenvalue weighted by molar-refractivity contribution is 7.91. The molecular weight excluding hydrogens is 256 g/mol. The fourth-order valence-corrected chi connectivity index (χ4v) is 4.21. The van der Waals surface area contributed by atoms with Crippen LogP contribution in [0, 0.1) is 0 Å². The van der Waals surface area contributed by atoms with Crippen LogP contribution in [0.2, 0.25) is 0 Å². The molecule has 1 unspecified atom stereocenters. The number of carboxylic acid groups (broad SMARTS) is 1. The molecular formula is C11H14N2O4S. The molecule has 1 aromatic rings. The molecule has 1 saturated heterocycles. The number of nitrogens with one attached hydrogen (secondary N) is 1. The Kier molecular flexibility index (Phi) is 3.02. The lowest BCUT2D eigenvalue weighted by atomic mass is 10.0. The maximum absolute atomic E-state index is 11.5. The smallest absolute Gasteiger partial charge is 0.337 e. The zero-order valence-electron chi connectivity index (χ0n) is 9.88. The van der Waals surface area contributed by atoms with E-state index >= 15 is 0 Å². The van der Waals surface area contributed by atoms with Gasteiger partial charge in [0.1, 0.15) is 0 Å². The molecule has 2 N–H and O–H groups in total. The minimum absolute atomic E-state index is 0.00789. The molecule has 1 aromatic heterocycles. The largest absolute Gasteiger partial charge is 0.478 e. The van der Waals surface area contributed by atoms with Crippen molar-refractivity contribution in [3.05, 3.63) is 24.0 Å². The van der Waals surface area contributed by atoms with Crippen molar-refractivity contribution in [2.45, 2.75) is 18.9 Å². The van der Waals surface area contributed by atoms with Gasteiger partial charge in [-0.1, -0.05) is 0 Å². The van der Waals surface area contributed by atoms with E-state index in [1.165, 1.54) is 18.5 Å². The quantitative estimate of drug-likeness (QED) is 0.842. The van der Waals surface area contributed by atoms with Crippen LogP contribution in [-0.2, 0) is 9.84 Å². The van der Waals surface area contributed by atoms with E-state index in [0.717, 1.165) is 0 Å². The van der Waals surface area contributed by atoms with Crippen LogP contribution in [0.3, 0.4) is 0 Å². The first-order valence-electron chi connectivity index (χ1n) is 5.47. The molecule has 0 radical (unpaired) electrons. The van der Waals surface area contributed by atoms with Crippen LogP contribution in [-0.4, -0.2) is 41.5 Å². The molecule has 0 aromatic carbocycles. The molecule has 0 amide bonds. The summed E-state index contributed by atoms with van der Waals surface area (Å²) in [4.78, 5) is 14.9. The summed E-state index contributed by atoms with van der Waals surface area (Å²) >= 11 is 0. The van der Waals surface area contributed by atoms with Gasteiger partial charge in [0.15, 0.2) is 9.84 Å². The summed E-state index contributed by atoms with van der Waals surface area (Å²) < 4.78 is 23.0. The van der Waals surface area contributed by atoms with Gasteiger partial charge in [-0.2, -0.15) is 0 Å². The Hall–Kier alpha value is -1.63. The lowest BCUT2D eigenvalue weighted by Crippen LogP contribution is -2.36. The van der Waals surface area contributed by atoms with E-state index in [9.17, 15) is 13.2 Å². The first kappa shape index (κ1) is 12.8. The van der Waals surface area contributed by atoms with Crippen molar-refractivity contribution >= 4 is 21.5 Å². The average Bonchev–Trinajstić information content (AvgIpc) is 2.53. The third kappa shape index (κ3) is 2.61. The van der Waals surface area contributed by atoms with E-state index in [1.54, 1.807) is 6.92 Å². The monoisotopic (exact) mass is 270 g/mol. The van der Waals surface area contributed by atoms with Crippen LogP contribution in [0.15, 0.2) is 18.5 Å². The van der Waals surface area contributed by atoms with Crippen LogP contribution in [0.25, 0.3) is 0 Å². The Morgan fingerprint density at radius 1 is 1.56 bits per heavy atom. The number of pyridine rings is 1. The number of sulfone groups is 1. The summed E-state index contributed by atoms with van der Waals surface area (Å²) in [5, 5.41) is 12.0. The summed E-state index contributed by atoms with van der Waals surface area (Å²) in [5.74, 6) is -0.933. The minimum Gasteiger partial charge on any atom is -0.478 e. The van der Waals surface area contributed by atoms with Gasteiger partial charge in [0, 0.05) is 11.7 Å². The van der Waals surface area contributed by atoms with Crippen molar-refractivity contribution in [1.29, 1.82) is 0 Å². The van der Waals surface area contributed by atoms with Crippen LogP contribution in [0.4, 0.5) is 5.69 Å². The molecule has 98 valence electrons. The van der Waals surface area contributed by atoms with Crippen LogP contribution in [0.5, 0.6) is 0 Å². The SMILES string of the molecule is CC1(Nc2cnccc2C(=O)O)CCS(=O)(=O)C1. The summed E-state index contributed by atoms with van der Waals surface area (Å²) in [6.07, 6.45) is 3.26. The van der Waals surface area contributed by atoms with Gasteiger partial charge in [-0.15, -0.1) is 0 Å². The van der Waals surface area contributed by atoms with Gasteiger partial charge in [-0.3, -0.25) is 4.98 Å². The van der Waals surface area contributed by atoms with E-state index in [0.29, 0.717) is 12.1 Å². The zero-order valence-corrected chi connectivity index (χ0v) is 10.7. The second-order valence-electron chi connectivity index (χ2n) is 4.75. The number of carbonyl (C=O) groups is 1. The number of hydrogen-bond donors (Lipinski definition) is 2. The van der Waals surface area contributed by atoms with Crippen molar-refractivity contribution in [3.8, 4) is 0 Å². The highest BCUT2D eigenvalue weighted by Crippen LogP contribution is 2.28. The molecule has 0 aliphatic carbocycles. The number of hydrogen-bond acceptors (Lipinski definition) is 5. The van der Waals surface area contributed by atoms with Gasteiger partial charge < -0.3 is 10.4 Å². The number of carboxylic acids is 1. The molecule has 1 atom stereocenters. The van der Waals surface area contributed by atoms with Crippen molar-refractivity contribution < 1.29 is 18.3 Å². The molecule has 1 aliphatic heterocycles. The number of rotatable bonds is 3. The predicted octanol–water partition coefficient (Wildman–Crippen LogP) is 0.769. The van der Waals surface area contributed by atoms with Crippen molar-refractivity contribution in [2.24, 2.45) is 0 Å². The zero-order chi connectivity index (χ0) is 13.4. The second kappa shape index (κ2) is 4.24. The molecule has 7 heteroatoms. The number of nitrogens with zero attached hydrogens (tertiary/aromatic N) is 1. The third-order valence-corrected chi connectivity index (χ3v) is 4.89. The van der Waals surface area contributed by atoms with E-state index in [4.69, 9.17) is 5.11 Å².